The molecule has 0 aromatic heterocycles. The van der Waals surface area contributed by atoms with Gasteiger partial charge in [0.1, 0.15) is 11.5 Å². The van der Waals surface area contributed by atoms with Crippen molar-refractivity contribution in [3.8, 4) is 23.0 Å². The maximum atomic E-state index is 10.0. The van der Waals surface area contributed by atoms with E-state index in [4.69, 9.17) is 18.9 Å². The van der Waals surface area contributed by atoms with Crippen molar-refractivity contribution in [2.75, 3.05) is 28.4 Å². The van der Waals surface area contributed by atoms with Crippen LogP contribution in [0.3, 0.4) is 0 Å². The maximum Gasteiger partial charge on any atom is 0.176 e. The second kappa shape index (κ2) is 12.5. The number of methoxy groups -OCH3 is 4. The van der Waals surface area contributed by atoms with E-state index in [1.807, 2.05) is 30.3 Å². The molecule has 3 aromatic rings. The normalized spacial score (nSPS) is 10.9. The van der Waals surface area contributed by atoms with E-state index in [0.29, 0.717) is 41.4 Å². The Labute approximate surface area is 230 Å². The lowest BCUT2D eigenvalue weighted by atomic mass is 9.92. The topological polar surface area (TPSA) is 77.4 Å². The predicted molar refractivity (Wildman–Crippen MR) is 146 cm³/mol. The molecular formula is C26H27Br3O6. The molecule has 6 nitrogen and oxygen atoms in total. The van der Waals surface area contributed by atoms with Crippen molar-refractivity contribution in [3.63, 3.8) is 0 Å². The minimum absolute atomic E-state index is 0.0976. The van der Waals surface area contributed by atoms with Gasteiger partial charge in [-0.3, -0.25) is 0 Å². The molecule has 0 aliphatic carbocycles. The highest BCUT2D eigenvalue weighted by atomic mass is 79.9. The van der Waals surface area contributed by atoms with Crippen LogP contribution in [-0.4, -0.2) is 38.7 Å². The van der Waals surface area contributed by atoms with Gasteiger partial charge in [-0.1, -0.05) is 12.1 Å². The van der Waals surface area contributed by atoms with Crippen molar-refractivity contribution in [1.29, 1.82) is 0 Å². The maximum absolute atomic E-state index is 10.0. The summed E-state index contributed by atoms with van der Waals surface area (Å²) in [5.41, 5.74) is 5.41. The van der Waals surface area contributed by atoms with Crippen LogP contribution in [-0.2, 0) is 26.1 Å². The highest BCUT2D eigenvalue weighted by Gasteiger charge is 2.22. The number of halogens is 3. The molecule has 0 atom stereocenters. The lowest BCUT2D eigenvalue weighted by Crippen LogP contribution is -2.06. The van der Waals surface area contributed by atoms with Crippen LogP contribution in [0.1, 0.15) is 33.4 Å². The van der Waals surface area contributed by atoms with Gasteiger partial charge < -0.3 is 29.2 Å². The molecule has 0 amide bonds. The quantitative estimate of drug-likeness (QED) is 0.268. The summed E-state index contributed by atoms with van der Waals surface area (Å²) >= 11 is 11.0. The zero-order valence-electron chi connectivity index (χ0n) is 19.9. The fourth-order valence-electron chi connectivity index (χ4n) is 4.02. The van der Waals surface area contributed by atoms with Crippen molar-refractivity contribution in [2.45, 2.75) is 26.1 Å². The third-order valence-corrected chi connectivity index (χ3v) is 8.81. The average molecular weight is 675 g/mol. The minimum atomic E-state index is -0.159. The molecule has 188 valence electrons. The Hall–Kier alpha value is -1.78. The van der Waals surface area contributed by atoms with Gasteiger partial charge in [0.15, 0.2) is 11.5 Å². The van der Waals surface area contributed by atoms with Crippen molar-refractivity contribution in [2.24, 2.45) is 0 Å². The first-order valence-electron chi connectivity index (χ1n) is 10.7. The standard InChI is InChI=1S/C26H27Br3O6/c1-32-20-8-14(5-6-15(20)12-30)7-16-9-18(13-31)25(34-3)23(28)19(16)10-17-11-21(33-2)26(35-4)24(29)22(17)27/h5-6,8-9,11,30-31H,7,10,12-13H2,1-4H3. The smallest absolute Gasteiger partial charge is 0.176 e. The van der Waals surface area contributed by atoms with Gasteiger partial charge in [0, 0.05) is 22.0 Å². The zero-order valence-corrected chi connectivity index (χ0v) is 24.6. The van der Waals surface area contributed by atoms with Gasteiger partial charge in [-0.25, -0.2) is 0 Å². The number of hydrogen-bond acceptors (Lipinski definition) is 6. The fraction of sp³-hybridized carbons (Fsp3) is 0.308. The molecule has 0 radical (unpaired) electrons. The third-order valence-electron chi connectivity index (χ3n) is 5.78. The molecule has 2 N–H and O–H groups in total. The first kappa shape index (κ1) is 27.8. The Morgan fingerprint density at radius 2 is 1.26 bits per heavy atom. The SMILES string of the molecule is COc1cc(Cc2cc(CO)c(OC)c(Br)c2Cc2cc(OC)c(OC)c(Br)c2Br)ccc1CO. The molecule has 0 bridgehead atoms. The number of rotatable bonds is 10. The molecule has 0 heterocycles. The highest BCUT2D eigenvalue weighted by molar-refractivity contribution is 9.13. The van der Waals surface area contributed by atoms with E-state index < -0.39 is 0 Å². The number of benzene rings is 3. The molecule has 0 saturated carbocycles. The number of ether oxygens (including phenoxy) is 4. The van der Waals surface area contributed by atoms with Crippen LogP contribution >= 0.6 is 47.8 Å². The summed E-state index contributed by atoms with van der Waals surface area (Å²) in [6, 6.07) is 9.67. The van der Waals surface area contributed by atoms with E-state index in [1.165, 1.54) is 0 Å². The van der Waals surface area contributed by atoms with Crippen LogP contribution in [0.2, 0.25) is 0 Å². The van der Waals surface area contributed by atoms with E-state index in [1.54, 1.807) is 28.4 Å². The van der Waals surface area contributed by atoms with Gasteiger partial charge in [0.05, 0.1) is 50.6 Å². The number of aliphatic hydroxyl groups is 2. The van der Waals surface area contributed by atoms with Crippen molar-refractivity contribution < 1.29 is 29.2 Å². The molecular weight excluding hydrogens is 648 g/mol. The second-order valence-corrected chi connectivity index (χ2v) is 10.1. The molecule has 3 aromatic carbocycles. The summed E-state index contributed by atoms with van der Waals surface area (Å²) in [6.07, 6.45) is 1.13. The summed E-state index contributed by atoms with van der Waals surface area (Å²) in [5.74, 6) is 2.44. The zero-order chi connectivity index (χ0) is 25.7. The van der Waals surface area contributed by atoms with Crippen molar-refractivity contribution >= 4 is 47.8 Å². The number of hydrogen-bond donors (Lipinski definition) is 2. The van der Waals surface area contributed by atoms with Crippen LogP contribution in [0, 0.1) is 0 Å². The van der Waals surface area contributed by atoms with Crippen molar-refractivity contribution in [1.82, 2.24) is 0 Å². The molecule has 0 unspecified atom stereocenters. The van der Waals surface area contributed by atoms with E-state index in [9.17, 15) is 10.2 Å². The minimum Gasteiger partial charge on any atom is -0.496 e. The second-order valence-electron chi connectivity index (χ2n) is 7.74. The van der Waals surface area contributed by atoms with Gasteiger partial charge in [0.2, 0.25) is 0 Å². The average Bonchev–Trinajstić information content (AvgIpc) is 2.87. The summed E-state index contributed by atoms with van der Waals surface area (Å²) in [4.78, 5) is 0. The molecule has 0 aliphatic rings. The Morgan fingerprint density at radius 3 is 1.83 bits per heavy atom. The molecule has 9 heteroatoms. The van der Waals surface area contributed by atoms with E-state index in [0.717, 1.165) is 41.2 Å². The lowest BCUT2D eigenvalue weighted by Gasteiger charge is -2.20. The first-order chi connectivity index (χ1) is 16.8. The van der Waals surface area contributed by atoms with Crippen LogP contribution in [0.15, 0.2) is 43.7 Å². The summed E-state index contributed by atoms with van der Waals surface area (Å²) in [6.45, 7) is -0.257. The Morgan fingerprint density at radius 1 is 0.600 bits per heavy atom. The lowest BCUT2D eigenvalue weighted by molar-refractivity contribution is 0.273. The Balaban J connectivity index is 2.17. The van der Waals surface area contributed by atoms with Crippen LogP contribution in [0.25, 0.3) is 0 Å². The van der Waals surface area contributed by atoms with E-state index in [2.05, 4.69) is 47.8 Å². The van der Waals surface area contributed by atoms with Crippen LogP contribution in [0.5, 0.6) is 23.0 Å². The van der Waals surface area contributed by atoms with Gasteiger partial charge in [0.25, 0.3) is 0 Å². The molecule has 35 heavy (non-hydrogen) atoms. The van der Waals surface area contributed by atoms with Gasteiger partial charge in [-0.2, -0.15) is 0 Å². The summed E-state index contributed by atoms with van der Waals surface area (Å²) < 4.78 is 24.5. The Bertz CT molecular complexity index is 1210. The molecule has 0 spiro atoms. The fourth-order valence-corrected chi connectivity index (χ4v) is 5.87. The molecule has 0 fully saturated rings. The summed E-state index contributed by atoms with van der Waals surface area (Å²) in [5, 5.41) is 19.6. The van der Waals surface area contributed by atoms with Gasteiger partial charge >= 0.3 is 0 Å². The Kier molecular flexibility index (Phi) is 9.89. The van der Waals surface area contributed by atoms with Crippen LogP contribution < -0.4 is 18.9 Å². The number of aliphatic hydroxyl groups excluding tert-OH is 2. The largest absolute Gasteiger partial charge is 0.496 e. The molecule has 0 aliphatic heterocycles. The van der Waals surface area contributed by atoms with E-state index in [-0.39, 0.29) is 13.2 Å². The monoisotopic (exact) mass is 672 g/mol. The van der Waals surface area contributed by atoms with Gasteiger partial charge in [-0.15, -0.1) is 0 Å². The highest BCUT2D eigenvalue weighted by Crippen LogP contribution is 2.45. The van der Waals surface area contributed by atoms with Crippen molar-refractivity contribution in [3.05, 3.63) is 77.1 Å². The third kappa shape index (κ3) is 5.80. The predicted octanol–water partition coefficient (Wildman–Crippen LogP) is 6.17. The molecule has 3 rings (SSSR count). The van der Waals surface area contributed by atoms with Gasteiger partial charge in [-0.05, 0) is 94.7 Å². The van der Waals surface area contributed by atoms with E-state index >= 15 is 0 Å². The molecule has 0 saturated heterocycles. The summed E-state index contributed by atoms with van der Waals surface area (Å²) in [7, 11) is 6.37. The van der Waals surface area contributed by atoms with Crippen LogP contribution in [0.4, 0.5) is 0 Å². The first-order valence-corrected chi connectivity index (χ1v) is 13.0.